The van der Waals surface area contributed by atoms with Gasteiger partial charge in [-0.25, -0.2) is 0 Å². The molecule has 0 saturated carbocycles. The van der Waals surface area contributed by atoms with Crippen molar-refractivity contribution in [1.29, 1.82) is 0 Å². The molecule has 40 heavy (non-hydrogen) atoms. The Morgan fingerprint density at radius 1 is 0.325 bits per heavy atom. The molecule has 0 fully saturated rings. The van der Waals surface area contributed by atoms with Crippen LogP contribution in [0.2, 0.25) is 0 Å². The fourth-order valence-electron chi connectivity index (χ4n) is 6.00. The molecule has 0 aromatic carbocycles. The van der Waals surface area contributed by atoms with Gasteiger partial charge in [-0.2, -0.15) is 0 Å². The van der Waals surface area contributed by atoms with Crippen molar-refractivity contribution >= 4 is 0 Å². The predicted molar refractivity (Wildman–Crippen MR) is 180 cm³/mol. The van der Waals surface area contributed by atoms with E-state index in [2.05, 4.69) is 13.8 Å². The molecular weight excluding hydrogens is 488 g/mol. The van der Waals surface area contributed by atoms with Crippen LogP contribution in [0.25, 0.3) is 0 Å². The molecule has 242 valence electrons. The van der Waals surface area contributed by atoms with Crippen molar-refractivity contribution in [2.75, 3.05) is 6.61 Å². The molecule has 0 aliphatic carbocycles. The Labute approximate surface area is 254 Å². The average molecular weight is 567 g/mol. The summed E-state index contributed by atoms with van der Waals surface area (Å²) >= 11 is 0. The summed E-state index contributed by atoms with van der Waals surface area (Å²) in [5, 5.41) is 10.1. The minimum absolute atomic E-state index is 0.535. The molecule has 0 aliphatic heterocycles. The molecule has 0 aliphatic rings. The molecule has 0 rings (SSSR count). The van der Waals surface area contributed by atoms with Crippen LogP contribution in [0.3, 0.4) is 0 Å². The van der Waals surface area contributed by atoms with Crippen molar-refractivity contribution in [1.82, 2.24) is 0 Å². The number of hydrogen-bond acceptors (Lipinski definition) is 2. The van der Waals surface area contributed by atoms with Crippen LogP contribution in [-0.4, -0.2) is 18.0 Å². The molecule has 0 bridgehead atoms. The van der Waals surface area contributed by atoms with E-state index in [4.69, 9.17) is 4.74 Å². The smallest absolute Gasteiger partial charge is 0.154 e. The second kappa shape index (κ2) is 36.9. The predicted octanol–water partition coefficient (Wildman–Crippen LogP) is 13.6. The molecule has 0 spiro atoms. The minimum atomic E-state index is -0.535. The lowest BCUT2D eigenvalue weighted by atomic mass is 10.0. The van der Waals surface area contributed by atoms with Crippen LogP contribution in [0.4, 0.5) is 0 Å². The van der Waals surface area contributed by atoms with Crippen LogP contribution in [0.15, 0.2) is 0 Å². The first-order chi connectivity index (χ1) is 19.8. The first-order valence-corrected chi connectivity index (χ1v) is 19.1. The third kappa shape index (κ3) is 35.9. The van der Waals surface area contributed by atoms with Crippen molar-refractivity contribution in [3.8, 4) is 0 Å². The van der Waals surface area contributed by atoms with Gasteiger partial charge in [0.1, 0.15) is 0 Å². The molecule has 1 atom stereocenters. The Kier molecular flexibility index (Phi) is 36.9. The first kappa shape index (κ1) is 39.9. The molecule has 1 N–H and O–H groups in total. The highest BCUT2D eigenvalue weighted by Crippen LogP contribution is 2.16. The van der Waals surface area contributed by atoms with Gasteiger partial charge in [-0.15, -0.1) is 0 Å². The van der Waals surface area contributed by atoms with Crippen molar-refractivity contribution < 1.29 is 9.84 Å². The van der Waals surface area contributed by atoms with Gasteiger partial charge in [-0.3, -0.25) is 0 Å². The second-order valence-corrected chi connectivity index (χ2v) is 13.1. The van der Waals surface area contributed by atoms with Gasteiger partial charge in [0, 0.05) is 6.61 Å². The summed E-state index contributed by atoms with van der Waals surface area (Å²) < 4.78 is 5.65. The summed E-state index contributed by atoms with van der Waals surface area (Å²) in [5.41, 5.74) is 0. The van der Waals surface area contributed by atoms with Crippen molar-refractivity contribution in [2.45, 2.75) is 238 Å². The molecule has 0 heterocycles. The fourth-order valence-corrected chi connectivity index (χ4v) is 6.00. The standard InChI is InChI=1S/C38H78O2/c1-3-5-7-9-11-13-15-17-19-21-23-25-27-29-31-33-35-37-40-38(39)36-34-32-30-28-26-24-22-20-18-16-14-12-10-8-6-4-2/h38-39H,3-37H2,1-2H3. The quantitative estimate of drug-likeness (QED) is 0.0603. The van der Waals surface area contributed by atoms with Gasteiger partial charge in [0.15, 0.2) is 6.29 Å². The molecule has 0 radical (unpaired) electrons. The number of aliphatic hydroxyl groups is 1. The summed E-state index contributed by atoms with van der Waals surface area (Å²) in [5.74, 6) is 0. The highest BCUT2D eigenvalue weighted by atomic mass is 16.6. The van der Waals surface area contributed by atoms with Gasteiger partial charge in [0.05, 0.1) is 0 Å². The van der Waals surface area contributed by atoms with Crippen LogP contribution in [0.5, 0.6) is 0 Å². The van der Waals surface area contributed by atoms with E-state index in [1.807, 2.05) is 0 Å². The number of hydrogen-bond donors (Lipinski definition) is 1. The van der Waals surface area contributed by atoms with E-state index in [1.54, 1.807) is 0 Å². The van der Waals surface area contributed by atoms with Crippen LogP contribution in [0.1, 0.15) is 232 Å². The maximum Gasteiger partial charge on any atom is 0.154 e. The average Bonchev–Trinajstić information content (AvgIpc) is 2.96. The van der Waals surface area contributed by atoms with E-state index in [1.165, 1.54) is 199 Å². The monoisotopic (exact) mass is 567 g/mol. The molecule has 2 heteroatoms. The molecule has 0 aromatic heterocycles. The van der Waals surface area contributed by atoms with Crippen LogP contribution < -0.4 is 0 Å². The van der Waals surface area contributed by atoms with Crippen molar-refractivity contribution in [2.24, 2.45) is 0 Å². The van der Waals surface area contributed by atoms with E-state index < -0.39 is 6.29 Å². The van der Waals surface area contributed by atoms with E-state index in [0.29, 0.717) is 0 Å². The van der Waals surface area contributed by atoms with Gasteiger partial charge in [-0.05, 0) is 19.3 Å². The lowest BCUT2D eigenvalue weighted by molar-refractivity contribution is -0.105. The van der Waals surface area contributed by atoms with E-state index >= 15 is 0 Å². The van der Waals surface area contributed by atoms with Gasteiger partial charge in [0.2, 0.25) is 0 Å². The molecule has 0 saturated heterocycles. The summed E-state index contributed by atoms with van der Waals surface area (Å²) in [6.45, 7) is 5.33. The van der Waals surface area contributed by atoms with E-state index in [0.717, 1.165) is 25.9 Å². The topological polar surface area (TPSA) is 29.5 Å². The Hall–Kier alpha value is -0.0800. The molecule has 0 aromatic rings. The highest BCUT2D eigenvalue weighted by molar-refractivity contribution is 4.53. The normalized spacial score (nSPS) is 12.4. The summed E-state index contributed by atoms with van der Waals surface area (Å²) in [7, 11) is 0. The maximum absolute atomic E-state index is 10.1. The number of ether oxygens (including phenoxy) is 1. The fraction of sp³-hybridized carbons (Fsp3) is 1.00. The SMILES string of the molecule is CCCCCCCCCCCCCCCCCCCOC(O)CCCCCCCCCCCCCCCCCC. The van der Waals surface area contributed by atoms with Gasteiger partial charge < -0.3 is 9.84 Å². The summed E-state index contributed by atoms with van der Waals surface area (Å²) in [6.07, 6.45) is 46.3. The minimum Gasteiger partial charge on any atom is -0.368 e. The molecule has 0 amide bonds. The lowest BCUT2D eigenvalue weighted by Gasteiger charge is -2.12. The Bertz CT molecular complexity index is 424. The lowest BCUT2D eigenvalue weighted by Crippen LogP contribution is -2.12. The van der Waals surface area contributed by atoms with Gasteiger partial charge in [0.25, 0.3) is 0 Å². The number of aliphatic hydroxyl groups excluding tert-OH is 1. The Morgan fingerprint density at radius 3 is 0.825 bits per heavy atom. The second-order valence-electron chi connectivity index (χ2n) is 13.1. The van der Waals surface area contributed by atoms with Crippen LogP contribution in [-0.2, 0) is 4.74 Å². The summed E-state index contributed by atoms with van der Waals surface area (Å²) in [6, 6.07) is 0. The van der Waals surface area contributed by atoms with Crippen molar-refractivity contribution in [3.63, 3.8) is 0 Å². The molecule has 2 nitrogen and oxygen atoms in total. The highest BCUT2D eigenvalue weighted by Gasteiger charge is 2.04. The first-order valence-electron chi connectivity index (χ1n) is 19.1. The Balaban J connectivity index is 3.13. The van der Waals surface area contributed by atoms with Gasteiger partial charge >= 0.3 is 0 Å². The zero-order chi connectivity index (χ0) is 29.0. The van der Waals surface area contributed by atoms with Crippen LogP contribution in [0, 0.1) is 0 Å². The van der Waals surface area contributed by atoms with Crippen molar-refractivity contribution in [3.05, 3.63) is 0 Å². The summed E-state index contributed by atoms with van der Waals surface area (Å²) in [4.78, 5) is 0. The zero-order valence-corrected chi connectivity index (χ0v) is 28.2. The largest absolute Gasteiger partial charge is 0.368 e. The number of unbranched alkanes of at least 4 members (excludes halogenated alkanes) is 31. The Morgan fingerprint density at radius 2 is 0.550 bits per heavy atom. The van der Waals surface area contributed by atoms with E-state index in [9.17, 15) is 5.11 Å². The molecule has 1 unspecified atom stereocenters. The number of rotatable bonds is 36. The zero-order valence-electron chi connectivity index (χ0n) is 28.2. The third-order valence-electron chi connectivity index (χ3n) is 8.86. The molecular formula is C38H78O2. The third-order valence-corrected chi connectivity index (χ3v) is 8.86. The van der Waals surface area contributed by atoms with Crippen LogP contribution >= 0.6 is 0 Å². The van der Waals surface area contributed by atoms with E-state index in [-0.39, 0.29) is 0 Å². The maximum atomic E-state index is 10.1. The van der Waals surface area contributed by atoms with Gasteiger partial charge in [-0.1, -0.05) is 213 Å².